The maximum Gasteiger partial charge on any atom is 0.243 e. The molecule has 8 nitrogen and oxygen atoms in total. The second kappa shape index (κ2) is 8.81. The van der Waals surface area contributed by atoms with E-state index in [2.05, 4.69) is 5.32 Å². The van der Waals surface area contributed by atoms with E-state index in [0.29, 0.717) is 43.9 Å². The number of piperidine rings is 1. The van der Waals surface area contributed by atoms with Gasteiger partial charge in [-0.15, -0.1) is 0 Å². The summed E-state index contributed by atoms with van der Waals surface area (Å²) in [6.07, 6.45) is 3.11. The van der Waals surface area contributed by atoms with Crippen molar-refractivity contribution in [1.82, 2.24) is 14.5 Å². The van der Waals surface area contributed by atoms with Gasteiger partial charge in [0.05, 0.1) is 4.90 Å². The molecule has 1 saturated heterocycles. The molecule has 9 heteroatoms. The van der Waals surface area contributed by atoms with Crippen molar-refractivity contribution in [2.75, 3.05) is 45.2 Å². The Morgan fingerprint density at radius 1 is 1.17 bits per heavy atom. The van der Waals surface area contributed by atoms with Crippen LogP contribution in [0.2, 0.25) is 0 Å². The third-order valence-electron chi connectivity index (χ3n) is 5.49. The lowest BCUT2D eigenvalue weighted by atomic mass is 10.1. The number of hydrogen-bond acceptors (Lipinski definition) is 5. The number of fused-ring (bicyclic) bond motifs is 1. The van der Waals surface area contributed by atoms with Gasteiger partial charge < -0.3 is 10.2 Å². The molecule has 2 aliphatic rings. The van der Waals surface area contributed by atoms with Gasteiger partial charge in [0.25, 0.3) is 0 Å². The van der Waals surface area contributed by atoms with Crippen LogP contribution in [0.5, 0.6) is 0 Å². The summed E-state index contributed by atoms with van der Waals surface area (Å²) in [6, 6.07) is 4.17. The van der Waals surface area contributed by atoms with Gasteiger partial charge in [-0.2, -0.15) is 4.31 Å². The number of hydrogen-bond donors (Lipinski definition) is 1. The van der Waals surface area contributed by atoms with E-state index in [1.807, 2.05) is 19.0 Å². The average Bonchev–Trinajstić information content (AvgIpc) is 3.07. The molecule has 2 aliphatic heterocycles. The quantitative estimate of drug-likeness (QED) is 0.733. The fourth-order valence-corrected chi connectivity index (χ4v) is 5.53. The molecule has 1 atom stereocenters. The molecule has 2 amide bonds. The van der Waals surface area contributed by atoms with E-state index in [-0.39, 0.29) is 16.7 Å². The predicted molar refractivity (Wildman–Crippen MR) is 111 cm³/mol. The summed E-state index contributed by atoms with van der Waals surface area (Å²) < 4.78 is 27.5. The van der Waals surface area contributed by atoms with Gasteiger partial charge in [0.2, 0.25) is 21.8 Å². The second-order valence-electron chi connectivity index (χ2n) is 7.96. The van der Waals surface area contributed by atoms with Crippen LogP contribution in [0.25, 0.3) is 0 Å². The van der Waals surface area contributed by atoms with Crippen molar-refractivity contribution in [3.05, 3.63) is 23.8 Å². The molecule has 1 aromatic carbocycles. The molecule has 0 spiro atoms. The fourth-order valence-electron chi connectivity index (χ4n) is 3.96. The predicted octanol–water partition coefficient (Wildman–Crippen LogP) is 0.817. The van der Waals surface area contributed by atoms with E-state index in [0.717, 1.165) is 19.3 Å². The lowest BCUT2D eigenvalue weighted by Crippen LogP contribution is -2.48. The van der Waals surface area contributed by atoms with Crippen molar-refractivity contribution in [2.24, 2.45) is 0 Å². The van der Waals surface area contributed by atoms with Crippen LogP contribution in [-0.4, -0.2) is 75.8 Å². The SMILES string of the molecule is CC(=O)N1c2ccc(S(=O)(=O)N3CCCCC3)cc2CC1C(=O)NCCN(C)C. The molecular formula is C20H30N4O4S. The Bertz CT molecular complexity index is 878. The third-order valence-corrected chi connectivity index (χ3v) is 7.38. The Morgan fingerprint density at radius 2 is 1.86 bits per heavy atom. The van der Waals surface area contributed by atoms with Gasteiger partial charge in [0.1, 0.15) is 6.04 Å². The van der Waals surface area contributed by atoms with Gasteiger partial charge >= 0.3 is 0 Å². The molecule has 1 aromatic rings. The van der Waals surface area contributed by atoms with Crippen LogP contribution in [-0.2, 0) is 26.0 Å². The molecule has 0 aliphatic carbocycles. The maximum atomic E-state index is 13.0. The maximum absolute atomic E-state index is 13.0. The number of amides is 2. The van der Waals surface area contributed by atoms with Gasteiger partial charge in [-0.05, 0) is 50.7 Å². The number of nitrogens with zero attached hydrogens (tertiary/aromatic N) is 3. The van der Waals surface area contributed by atoms with Crippen molar-refractivity contribution in [1.29, 1.82) is 0 Å². The Kier molecular flexibility index (Phi) is 6.60. The first kappa shape index (κ1) is 21.7. The number of carbonyl (C=O) groups is 2. The smallest absolute Gasteiger partial charge is 0.243 e. The lowest BCUT2D eigenvalue weighted by molar-refractivity contribution is -0.125. The Balaban J connectivity index is 1.83. The fraction of sp³-hybridized carbons (Fsp3) is 0.600. The van der Waals surface area contributed by atoms with E-state index in [4.69, 9.17) is 0 Å². The van der Waals surface area contributed by atoms with E-state index in [1.165, 1.54) is 16.1 Å². The number of carbonyl (C=O) groups excluding carboxylic acids is 2. The van der Waals surface area contributed by atoms with Gasteiger partial charge in [0.15, 0.2) is 0 Å². The zero-order chi connectivity index (χ0) is 21.2. The molecule has 0 bridgehead atoms. The number of anilines is 1. The van der Waals surface area contributed by atoms with Gasteiger partial charge in [-0.1, -0.05) is 6.42 Å². The minimum absolute atomic E-state index is 0.223. The molecule has 1 fully saturated rings. The lowest BCUT2D eigenvalue weighted by Gasteiger charge is -2.26. The summed E-state index contributed by atoms with van der Waals surface area (Å²) in [4.78, 5) is 28.6. The number of rotatable bonds is 6. The molecule has 0 aromatic heterocycles. The first-order valence-electron chi connectivity index (χ1n) is 10.1. The molecule has 1 unspecified atom stereocenters. The van der Waals surface area contributed by atoms with Crippen molar-refractivity contribution in [3.8, 4) is 0 Å². The standard InChI is InChI=1S/C20H30N4O4S/c1-15(25)24-18-8-7-17(29(27,28)23-10-5-4-6-11-23)13-16(18)14-19(24)20(26)21-9-12-22(2)3/h7-8,13,19H,4-6,9-12,14H2,1-3H3,(H,21,26). The van der Waals surface area contributed by atoms with Crippen LogP contribution >= 0.6 is 0 Å². The normalized spacial score (nSPS) is 20.0. The Labute approximate surface area is 172 Å². The minimum Gasteiger partial charge on any atom is -0.353 e. The van der Waals surface area contributed by atoms with Crippen molar-refractivity contribution in [3.63, 3.8) is 0 Å². The molecule has 2 heterocycles. The summed E-state index contributed by atoms with van der Waals surface area (Å²) in [5, 5.41) is 2.87. The molecule has 29 heavy (non-hydrogen) atoms. The van der Waals surface area contributed by atoms with Crippen LogP contribution in [0.4, 0.5) is 5.69 Å². The van der Waals surface area contributed by atoms with Crippen LogP contribution in [0.1, 0.15) is 31.7 Å². The van der Waals surface area contributed by atoms with Crippen molar-refractivity contribution >= 4 is 27.5 Å². The molecule has 0 saturated carbocycles. The number of nitrogens with one attached hydrogen (secondary N) is 1. The zero-order valence-electron chi connectivity index (χ0n) is 17.3. The van der Waals surface area contributed by atoms with Gasteiger partial charge in [-0.3, -0.25) is 14.5 Å². The highest BCUT2D eigenvalue weighted by Gasteiger charge is 2.38. The second-order valence-corrected chi connectivity index (χ2v) is 9.90. The summed E-state index contributed by atoms with van der Waals surface area (Å²) in [7, 11) is 0.282. The van der Waals surface area contributed by atoms with Crippen molar-refractivity contribution in [2.45, 2.75) is 43.5 Å². The van der Waals surface area contributed by atoms with E-state index < -0.39 is 16.1 Å². The Morgan fingerprint density at radius 3 is 2.48 bits per heavy atom. The summed E-state index contributed by atoms with van der Waals surface area (Å²) in [6.45, 7) is 3.68. The summed E-state index contributed by atoms with van der Waals surface area (Å²) in [5.74, 6) is -0.457. The molecule has 3 rings (SSSR count). The van der Waals surface area contributed by atoms with Gasteiger partial charge in [0, 0.05) is 45.2 Å². The first-order chi connectivity index (χ1) is 13.7. The molecule has 0 radical (unpaired) electrons. The summed E-state index contributed by atoms with van der Waals surface area (Å²) in [5.41, 5.74) is 1.33. The van der Waals surface area contributed by atoms with Crippen LogP contribution in [0.3, 0.4) is 0 Å². The van der Waals surface area contributed by atoms with Gasteiger partial charge in [-0.25, -0.2) is 8.42 Å². The summed E-state index contributed by atoms with van der Waals surface area (Å²) >= 11 is 0. The third kappa shape index (κ3) is 4.62. The largest absolute Gasteiger partial charge is 0.353 e. The van der Waals surface area contributed by atoms with Crippen LogP contribution in [0.15, 0.2) is 23.1 Å². The van der Waals surface area contributed by atoms with E-state index in [1.54, 1.807) is 18.2 Å². The monoisotopic (exact) mass is 422 g/mol. The molecular weight excluding hydrogens is 392 g/mol. The highest BCUT2D eigenvalue weighted by Crippen LogP contribution is 2.35. The molecule has 1 N–H and O–H groups in total. The minimum atomic E-state index is -3.56. The Hall–Kier alpha value is -1.97. The number of benzene rings is 1. The van der Waals surface area contributed by atoms with E-state index in [9.17, 15) is 18.0 Å². The number of likely N-dealkylation sites (N-methyl/N-ethyl adjacent to an activating group) is 1. The van der Waals surface area contributed by atoms with Crippen molar-refractivity contribution < 1.29 is 18.0 Å². The number of sulfonamides is 1. The topological polar surface area (TPSA) is 90.0 Å². The highest BCUT2D eigenvalue weighted by molar-refractivity contribution is 7.89. The van der Waals surface area contributed by atoms with Crippen LogP contribution in [0, 0.1) is 0 Å². The highest BCUT2D eigenvalue weighted by atomic mass is 32.2. The average molecular weight is 423 g/mol. The first-order valence-corrected chi connectivity index (χ1v) is 11.5. The molecule has 160 valence electrons. The van der Waals surface area contributed by atoms with E-state index >= 15 is 0 Å². The zero-order valence-corrected chi connectivity index (χ0v) is 18.2. The van der Waals surface area contributed by atoms with Crippen LogP contribution < -0.4 is 10.2 Å².